The number of hydrogen-bond donors (Lipinski definition) is 0. The minimum Gasteiger partial charge on any atom is -0.370 e. The first-order chi connectivity index (χ1) is 13.8. The number of aromatic nitrogens is 2. The predicted molar refractivity (Wildman–Crippen MR) is 110 cm³/mol. The number of hydrogen-bond acceptors (Lipinski definition) is 4. The molecule has 1 aliphatic rings. The highest BCUT2D eigenvalue weighted by Crippen LogP contribution is 2.15. The summed E-state index contributed by atoms with van der Waals surface area (Å²) in [5, 5.41) is 4.26. The van der Waals surface area contributed by atoms with Crippen molar-refractivity contribution in [2.45, 2.75) is 33.5 Å². The van der Waals surface area contributed by atoms with Crippen LogP contribution in [-0.2, 0) is 23.2 Å². The molecule has 3 rings (SSSR count). The van der Waals surface area contributed by atoms with Crippen molar-refractivity contribution < 1.29 is 14.3 Å². The van der Waals surface area contributed by atoms with Crippen LogP contribution in [0.3, 0.4) is 0 Å². The summed E-state index contributed by atoms with van der Waals surface area (Å²) in [7, 11) is 1.74. The van der Waals surface area contributed by atoms with E-state index >= 15 is 0 Å². The van der Waals surface area contributed by atoms with Gasteiger partial charge in [-0.3, -0.25) is 14.3 Å². The quantitative estimate of drug-likeness (QED) is 0.749. The van der Waals surface area contributed by atoms with E-state index in [2.05, 4.69) is 18.9 Å². The van der Waals surface area contributed by atoms with Crippen molar-refractivity contribution in [2.75, 3.05) is 26.2 Å². The molecule has 7 heteroatoms. The molecule has 1 aliphatic heterocycles. The Morgan fingerprint density at radius 2 is 1.97 bits per heavy atom. The van der Waals surface area contributed by atoms with Crippen LogP contribution in [0, 0.1) is 12.8 Å². The van der Waals surface area contributed by atoms with Crippen molar-refractivity contribution >= 4 is 11.8 Å². The van der Waals surface area contributed by atoms with Crippen molar-refractivity contribution in [3.05, 3.63) is 53.3 Å². The molecule has 156 valence electrons. The van der Waals surface area contributed by atoms with Gasteiger partial charge in [0.25, 0.3) is 5.91 Å². The molecule has 1 unspecified atom stereocenters. The number of ether oxygens (including phenoxy) is 1. The summed E-state index contributed by atoms with van der Waals surface area (Å²) < 4.78 is 7.72. The first-order valence-electron chi connectivity index (χ1n) is 10.1. The number of amides is 2. The average Bonchev–Trinajstić information content (AvgIpc) is 2.93. The van der Waals surface area contributed by atoms with E-state index in [0.717, 1.165) is 11.3 Å². The first kappa shape index (κ1) is 21.0. The summed E-state index contributed by atoms with van der Waals surface area (Å²) in [4.78, 5) is 29.4. The third kappa shape index (κ3) is 5.44. The van der Waals surface area contributed by atoms with Gasteiger partial charge < -0.3 is 14.5 Å². The van der Waals surface area contributed by atoms with E-state index in [1.165, 1.54) is 0 Å². The van der Waals surface area contributed by atoms with Crippen LogP contribution < -0.4 is 0 Å². The fourth-order valence-corrected chi connectivity index (χ4v) is 3.62. The Labute approximate surface area is 172 Å². The van der Waals surface area contributed by atoms with Crippen LogP contribution in [0.2, 0.25) is 0 Å². The van der Waals surface area contributed by atoms with Crippen LogP contribution in [0.4, 0.5) is 0 Å². The summed E-state index contributed by atoms with van der Waals surface area (Å²) in [5.41, 5.74) is 2.32. The molecule has 1 aromatic carbocycles. The number of aryl methyl sites for hydroxylation is 2. The second kappa shape index (κ2) is 9.22. The van der Waals surface area contributed by atoms with Gasteiger partial charge in [0.15, 0.2) is 0 Å². The fourth-order valence-electron chi connectivity index (χ4n) is 3.62. The maximum Gasteiger partial charge on any atom is 0.272 e. The molecular formula is C22H30N4O3. The van der Waals surface area contributed by atoms with Gasteiger partial charge in [-0.2, -0.15) is 5.10 Å². The van der Waals surface area contributed by atoms with Gasteiger partial charge in [-0.25, -0.2) is 0 Å². The second-order valence-electron chi connectivity index (χ2n) is 8.09. The normalized spacial score (nSPS) is 17.7. The van der Waals surface area contributed by atoms with Crippen LogP contribution in [0.25, 0.3) is 0 Å². The highest BCUT2D eigenvalue weighted by Gasteiger charge is 2.32. The summed E-state index contributed by atoms with van der Waals surface area (Å²) in [6, 6.07) is 11.7. The molecule has 1 aromatic heterocycles. The lowest BCUT2D eigenvalue weighted by Crippen LogP contribution is -2.41. The topological polar surface area (TPSA) is 67.7 Å². The first-order valence-corrected chi connectivity index (χ1v) is 10.1. The number of benzene rings is 1. The molecule has 0 aliphatic carbocycles. The van der Waals surface area contributed by atoms with Crippen LogP contribution in [-0.4, -0.2) is 63.7 Å². The summed E-state index contributed by atoms with van der Waals surface area (Å²) >= 11 is 0. The molecule has 2 amide bonds. The number of carbonyl (C=O) groups is 2. The molecule has 0 N–H and O–H groups in total. The van der Waals surface area contributed by atoms with Crippen LogP contribution in [0.1, 0.15) is 35.6 Å². The monoisotopic (exact) mass is 398 g/mol. The Bertz CT molecular complexity index is 847. The van der Waals surface area contributed by atoms with Crippen molar-refractivity contribution in [3.63, 3.8) is 0 Å². The molecule has 0 radical (unpaired) electrons. The van der Waals surface area contributed by atoms with E-state index in [0.29, 0.717) is 37.9 Å². The van der Waals surface area contributed by atoms with Crippen molar-refractivity contribution in [1.82, 2.24) is 19.6 Å². The number of carbonyl (C=O) groups excluding carboxylic acids is 2. The maximum absolute atomic E-state index is 13.1. The summed E-state index contributed by atoms with van der Waals surface area (Å²) in [5.74, 6) is 0.105. The lowest BCUT2D eigenvalue weighted by molar-refractivity contribution is -0.132. The Balaban J connectivity index is 1.78. The van der Waals surface area contributed by atoms with Gasteiger partial charge in [-0.15, -0.1) is 0 Å². The lowest BCUT2D eigenvalue weighted by Gasteiger charge is -2.26. The SMILES string of the molecule is Cc1cc(C(=O)N2CC(=O)N(CC(C)C)CC(OCc3ccccc3)C2)n(C)n1. The zero-order chi connectivity index (χ0) is 21.0. The van der Waals surface area contributed by atoms with Gasteiger partial charge in [0.2, 0.25) is 5.91 Å². The standard InChI is InChI=1S/C22H30N4O3/c1-16(2)11-25-12-19(29-15-18-8-6-5-7-9-18)13-26(14-21(25)27)22(28)20-10-17(3)23-24(20)4/h5-10,16,19H,11-15H2,1-4H3. The van der Waals surface area contributed by atoms with E-state index in [9.17, 15) is 9.59 Å². The lowest BCUT2D eigenvalue weighted by atomic mass is 10.2. The number of rotatable bonds is 6. The molecule has 1 saturated heterocycles. The second-order valence-corrected chi connectivity index (χ2v) is 8.09. The van der Waals surface area contributed by atoms with Crippen molar-refractivity contribution in [2.24, 2.45) is 13.0 Å². The molecular weight excluding hydrogens is 368 g/mol. The smallest absolute Gasteiger partial charge is 0.272 e. The van der Waals surface area contributed by atoms with E-state index < -0.39 is 0 Å². The fraction of sp³-hybridized carbons (Fsp3) is 0.500. The van der Waals surface area contributed by atoms with Gasteiger partial charge in [0.1, 0.15) is 12.2 Å². The van der Waals surface area contributed by atoms with E-state index in [4.69, 9.17) is 4.74 Å². The molecule has 1 atom stereocenters. The van der Waals surface area contributed by atoms with Gasteiger partial charge in [-0.1, -0.05) is 44.2 Å². The predicted octanol–water partition coefficient (Wildman–Crippen LogP) is 2.25. The van der Waals surface area contributed by atoms with Crippen LogP contribution in [0.5, 0.6) is 0 Å². The number of nitrogens with zero attached hydrogens (tertiary/aromatic N) is 4. The molecule has 2 heterocycles. The van der Waals surface area contributed by atoms with E-state index in [1.54, 1.807) is 22.7 Å². The third-order valence-corrected chi connectivity index (χ3v) is 4.95. The summed E-state index contributed by atoms with van der Waals surface area (Å²) in [6.45, 7) is 8.02. The maximum atomic E-state index is 13.1. The van der Waals surface area contributed by atoms with Gasteiger partial charge >= 0.3 is 0 Å². The Morgan fingerprint density at radius 1 is 1.24 bits per heavy atom. The minimum absolute atomic E-state index is 0.0447. The summed E-state index contributed by atoms with van der Waals surface area (Å²) in [6.07, 6.45) is -0.251. The van der Waals surface area contributed by atoms with Crippen molar-refractivity contribution in [3.8, 4) is 0 Å². The van der Waals surface area contributed by atoms with Gasteiger partial charge in [-0.05, 0) is 24.5 Å². The third-order valence-electron chi connectivity index (χ3n) is 4.95. The van der Waals surface area contributed by atoms with Crippen molar-refractivity contribution in [1.29, 1.82) is 0 Å². The van der Waals surface area contributed by atoms with E-state index in [1.807, 2.05) is 42.2 Å². The Morgan fingerprint density at radius 3 is 2.59 bits per heavy atom. The van der Waals surface area contributed by atoms with Crippen LogP contribution >= 0.6 is 0 Å². The molecule has 1 fully saturated rings. The minimum atomic E-state index is -0.251. The van der Waals surface area contributed by atoms with Gasteiger partial charge in [0, 0.05) is 26.7 Å². The van der Waals surface area contributed by atoms with Gasteiger partial charge in [0.05, 0.1) is 18.4 Å². The Hall–Kier alpha value is -2.67. The zero-order valence-electron chi connectivity index (χ0n) is 17.7. The highest BCUT2D eigenvalue weighted by molar-refractivity contribution is 5.95. The van der Waals surface area contributed by atoms with E-state index in [-0.39, 0.29) is 24.5 Å². The highest BCUT2D eigenvalue weighted by atomic mass is 16.5. The molecule has 2 aromatic rings. The molecule has 0 saturated carbocycles. The molecule has 0 spiro atoms. The zero-order valence-corrected chi connectivity index (χ0v) is 17.7. The molecule has 0 bridgehead atoms. The average molecular weight is 399 g/mol. The molecule has 7 nitrogen and oxygen atoms in total. The molecule has 29 heavy (non-hydrogen) atoms. The Kier molecular flexibility index (Phi) is 6.69. The van der Waals surface area contributed by atoms with Crippen LogP contribution in [0.15, 0.2) is 36.4 Å². The largest absolute Gasteiger partial charge is 0.370 e.